The van der Waals surface area contributed by atoms with Crippen LogP contribution in [-0.2, 0) is 4.79 Å². The first-order valence-electron chi connectivity index (χ1n) is 7.10. The molecule has 1 aromatic rings. The number of aliphatic carboxylic acids is 1. The maximum atomic E-state index is 11.8. The zero-order valence-electron chi connectivity index (χ0n) is 11.8. The van der Waals surface area contributed by atoms with Crippen molar-refractivity contribution in [3.8, 4) is 6.07 Å². The summed E-state index contributed by atoms with van der Waals surface area (Å²) in [6.45, 7) is 1.90. The summed E-state index contributed by atoms with van der Waals surface area (Å²) in [6.07, 6.45) is 5.20. The van der Waals surface area contributed by atoms with E-state index in [9.17, 15) is 15.2 Å². The van der Waals surface area contributed by atoms with E-state index in [1.54, 1.807) is 6.07 Å². The molecule has 0 saturated heterocycles. The highest BCUT2D eigenvalue weighted by Gasteiger charge is 2.39. The number of aryl methyl sites for hydroxylation is 1. The quantitative estimate of drug-likeness (QED) is 0.826. The van der Waals surface area contributed by atoms with Gasteiger partial charge in [-0.15, -0.1) is 0 Å². The van der Waals surface area contributed by atoms with Crippen LogP contribution in [0, 0.1) is 18.3 Å². The van der Waals surface area contributed by atoms with E-state index in [2.05, 4.69) is 11.4 Å². The van der Waals surface area contributed by atoms with Crippen molar-refractivity contribution in [2.75, 3.05) is 5.32 Å². The molecular weight excluding hydrogens is 252 g/mol. The van der Waals surface area contributed by atoms with Crippen molar-refractivity contribution in [2.24, 2.45) is 0 Å². The van der Waals surface area contributed by atoms with Gasteiger partial charge in [0.25, 0.3) is 0 Å². The van der Waals surface area contributed by atoms with Crippen LogP contribution < -0.4 is 5.32 Å². The van der Waals surface area contributed by atoms with E-state index in [4.69, 9.17) is 0 Å². The fourth-order valence-corrected chi connectivity index (χ4v) is 2.89. The Kier molecular flexibility index (Phi) is 4.29. The largest absolute Gasteiger partial charge is 0.480 e. The average molecular weight is 272 g/mol. The van der Waals surface area contributed by atoms with Gasteiger partial charge in [0.05, 0.1) is 11.3 Å². The molecule has 0 spiro atoms. The molecule has 106 valence electrons. The molecule has 0 aliphatic heterocycles. The molecule has 0 bridgehead atoms. The molecule has 0 unspecified atom stereocenters. The first-order valence-corrected chi connectivity index (χ1v) is 7.10. The van der Waals surface area contributed by atoms with Crippen molar-refractivity contribution in [2.45, 2.75) is 51.0 Å². The van der Waals surface area contributed by atoms with Crippen LogP contribution in [0.3, 0.4) is 0 Å². The number of nitriles is 1. The highest BCUT2D eigenvalue weighted by Crippen LogP contribution is 2.33. The van der Waals surface area contributed by atoms with E-state index < -0.39 is 11.5 Å². The molecule has 0 heterocycles. The molecule has 0 aromatic heterocycles. The Hall–Kier alpha value is -2.02. The minimum atomic E-state index is -0.936. The summed E-state index contributed by atoms with van der Waals surface area (Å²) in [6, 6.07) is 7.58. The number of carboxylic acid groups (broad SMARTS) is 1. The SMILES string of the molecule is Cc1cccc(C#N)c1NC1(C(=O)O)CCCCCC1. The topological polar surface area (TPSA) is 73.1 Å². The molecule has 1 aliphatic carbocycles. The number of hydrogen-bond acceptors (Lipinski definition) is 3. The molecule has 4 nitrogen and oxygen atoms in total. The van der Waals surface area contributed by atoms with E-state index in [0.717, 1.165) is 31.2 Å². The van der Waals surface area contributed by atoms with Gasteiger partial charge in [-0.05, 0) is 31.4 Å². The third-order valence-corrected chi connectivity index (χ3v) is 4.12. The maximum Gasteiger partial charge on any atom is 0.329 e. The molecule has 2 rings (SSSR count). The lowest BCUT2D eigenvalue weighted by Gasteiger charge is -2.31. The van der Waals surface area contributed by atoms with Gasteiger partial charge in [0, 0.05) is 0 Å². The van der Waals surface area contributed by atoms with Crippen LogP contribution in [-0.4, -0.2) is 16.6 Å². The summed E-state index contributed by atoms with van der Waals surface area (Å²) in [5, 5.41) is 22.1. The molecular formula is C16H20N2O2. The predicted octanol–water partition coefficient (Wildman–Crippen LogP) is 3.46. The number of carbonyl (C=O) groups is 1. The fourth-order valence-electron chi connectivity index (χ4n) is 2.89. The van der Waals surface area contributed by atoms with E-state index in [0.29, 0.717) is 24.1 Å². The molecule has 0 amide bonds. The number of carboxylic acids is 1. The summed E-state index contributed by atoms with van der Waals surface area (Å²) >= 11 is 0. The van der Waals surface area contributed by atoms with Crippen molar-refractivity contribution < 1.29 is 9.90 Å². The molecule has 0 atom stereocenters. The van der Waals surface area contributed by atoms with Crippen LogP contribution in [0.1, 0.15) is 49.7 Å². The summed E-state index contributed by atoms with van der Waals surface area (Å²) in [4.78, 5) is 11.8. The fraction of sp³-hybridized carbons (Fsp3) is 0.500. The van der Waals surface area contributed by atoms with E-state index in [1.807, 2.05) is 19.1 Å². The molecule has 1 aliphatic rings. The Bertz CT molecular complexity index is 538. The predicted molar refractivity (Wildman–Crippen MR) is 77.6 cm³/mol. The minimum Gasteiger partial charge on any atom is -0.480 e. The van der Waals surface area contributed by atoms with Crippen molar-refractivity contribution in [1.29, 1.82) is 5.26 Å². The summed E-state index contributed by atoms with van der Waals surface area (Å²) < 4.78 is 0. The highest BCUT2D eigenvalue weighted by atomic mass is 16.4. The Balaban J connectivity index is 2.38. The second-order valence-corrected chi connectivity index (χ2v) is 5.54. The van der Waals surface area contributed by atoms with E-state index in [1.165, 1.54) is 0 Å². The zero-order valence-corrected chi connectivity index (χ0v) is 11.8. The maximum absolute atomic E-state index is 11.8. The molecule has 2 N–H and O–H groups in total. The van der Waals surface area contributed by atoms with Gasteiger partial charge in [0.1, 0.15) is 11.6 Å². The molecule has 0 radical (unpaired) electrons. The number of nitrogens with one attached hydrogen (secondary N) is 1. The lowest BCUT2D eigenvalue weighted by Crippen LogP contribution is -2.46. The zero-order chi connectivity index (χ0) is 14.6. The van der Waals surface area contributed by atoms with Crippen molar-refractivity contribution in [3.63, 3.8) is 0 Å². The first kappa shape index (κ1) is 14.4. The van der Waals surface area contributed by atoms with Gasteiger partial charge in [-0.3, -0.25) is 0 Å². The van der Waals surface area contributed by atoms with Gasteiger partial charge >= 0.3 is 5.97 Å². The number of nitrogens with zero attached hydrogens (tertiary/aromatic N) is 1. The number of rotatable bonds is 3. The normalized spacial score (nSPS) is 17.8. The Morgan fingerprint density at radius 2 is 1.95 bits per heavy atom. The number of benzene rings is 1. The number of para-hydroxylation sites is 1. The first-order chi connectivity index (χ1) is 9.59. The molecule has 20 heavy (non-hydrogen) atoms. The molecule has 1 aromatic carbocycles. The Morgan fingerprint density at radius 3 is 2.50 bits per heavy atom. The van der Waals surface area contributed by atoms with Crippen LogP contribution in [0.5, 0.6) is 0 Å². The third kappa shape index (κ3) is 2.77. The average Bonchev–Trinajstić information content (AvgIpc) is 2.67. The van der Waals surface area contributed by atoms with E-state index in [-0.39, 0.29) is 0 Å². The van der Waals surface area contributed by atoms with Gasteiger partial charge in [-0.1, -0.05) is 37.8 Å². The van der Waals surface area contributed by atoms with Crippen LogP contribution >= 0.6 is 0 Å². The second kappa shape index (κ2) is 5.96. The van der Waals surface area contributed by atoms with Crippen molar-refractivity contribution >= 4 is 11.7 Å². The van der Waals surface area contributed by atoms with Gasteiger partial charge < -0.3 is 10.4 Å². The Labute approximate surface area is 119 Å². The third-order valence-electron chi connectivity index (χ3n) is 4.12. The molecule has 1 saturated carbocycles. The number of anilines is 1. The second-order valence-electron chi connectivity index (χ2n) is 5.54. The molecule has 1 fully saturated rings. The van der Waals surface area contributed by atoms with Crippen molar-refractivity contribution in [3.05, 3.63) is 29.3 Å². The van der Waals surface area contributed by atoms with Gasteiger partial charge in [-0.25, -0.2) is 4.79 Å². The van der Waals surface area contributed by atoms with E-state index >= 15 is 0 Å². The summed E-state index contributed by atoms with van der Waals surface area (Å²) in [5.74, 6) is -0.813. The van der Waals surface area contributed by atoms with Crippen molar-refractivity contribution in [1.82, 2.24) is 0 Å². The Morgan fingerprint density at radius 1 is 1.30 bits per heavy atom. The highest BCUT2D eigenvalue weighted by molar-refractivity contribution is 5.84. The van der Waals surface area contributed by atoms with Crippen LogP contribution in [0.2, 0.25) is 0 Å². The lowest BCUT2D eigenvalue weighted by molar-refractivity contribution is -0.142. The summed E-state index contributed by atoms with van der Waals surface area (Å²) in [5.41, 5.74) is 1.15. The minimum absolute atomic E-state index is 0.509. The smallest absolute Gasteiger partial charge is 0.329 e. The molecule has 4 heteroatoms. The summed E-state index contributed by atoms with van der Waals surface area (Å²) in [7, 11) is 0. The lowest BCUT2D eigenvalue weighted by atomic mass is 9.89. The van der Waals surface area contributed by atoms with Gasteiger partial charge in [0.15, 0.2) is 0 Å². The van der Waals surface area contributed by atoms with Crippen LogP contribution in [0.4, 0.5) is 5.69 Å². The standard InChI is InChI=1S/C16H20N2O2/c1-12-7-6-8-13(11-17)14(12)18-16(15(19)20)9-4-2-3-5-10-16/h6-8,18H,2-5,9-10H2,1H3,(H,19,20). The van der Waals surface area contributed by atoms with Crippen LogP contribution in [0.25, 0.3) is 0 Å². The monoisotopic (exact) mass is 272 g/mol. The van der Waals surface area contributed by atoms with Gasteiger partial charge in [-0.2, -0.15) is 5.26 Å². The van der Waals surface area contributed by atoms with Crippen LogP contribution in [0.15, 0.2) is 18.2 Å². The van der Waals surface area contributed by atoms with Gasteiger partial charge in [0.2, 0.25) is 0 Å². The number of hydrogen-bond donors (Lipinski definition) is 2.